The summed E-state index contributed by atoms with van der Waals surface area (Å²) in [6.45, 7) is 0.555. The molecule has 0 aliphatic carbocycles. The number of alkyl halides is 1. The number of carbonyl (C=O) groups excluding carboxylic acids is 1. The maximum Gasteiger partial charge on any atom is 0.251 e. The van der Waals surface area contributed by atoms with E-state index in [0.717, 1.165) is 6.42 Å². The van der Waals surface area contributed by atoms with E-state index in [4.69, 9.17) is 16.9 Å². The highest BCUT2D eigenvalue weighted by Crippen LogP contribution is 2.03. The molecule has 0 spiro atoms. The van der Waals surface area contributed by atoms with Crippen molar-refractivity contribution in [3.05, 3.63) is 35.4 Å². The number of hydrogen-bond donors (Lipinski definition) is 1. The van der Waals surface area contributed by atoms with Gasteiger partial charge in [-0.25, -0.2) is 0 Å². The smallest absolute Gasteiger partial charge is 0.251 e. The lowest BCUT2D eigenvalue weighted by atomic mass is 10.1. The molecule has 0 saturated carbocycles. The van der Waals surface area contributed by atoms with E-state index in [1.54, 1.807) is 24.3 Å². The van der Waals surface area contributed by atoms with Crippen LogP contribution in [0, 0.1) is 11.3 Å². The first-order valence-corrected chi connectivity index (χ1v) is 5.15. The Bertz CT molecular complexity index is 384. The maximum atomic E-state index is 11.5. The second-order valence-electron chi connectivity index (χ2n) is 2.99. The number of rotatable bonds is 4. The van der Waals surface area contributed by atoms with E-state index >= 15 is 0 Å². The van der Waals surface area contributed by atoms with E-state index in [0.29, 0.717) is 23.6 Å². The highest BCUT2D eigenvalue weighted by atomic mass is 35.5. The number of nitrogens with one attached hydrogen (secondary N) is 1. The molecule has 15 heavy (non-hydrogen) atoms. The van der Waals surface area contributed by atoms with Crippen LogP contribution in [0.5, 0.6) is 0 Å². The van der Waals surface area contributed by atoms with Crippen LogP contribution in [0.4, 0.5) is 0 Å². The molecule has 1 aromatic carbocycles. The SMILES string of the molecule is N#Cc1cccc(C(=O)NCCCCl)c1. The Labute approximate surface area is 93.7 Å². The van der Waals surface area contributed by atoms with E-state index in [9.17, 15) is 4.79 Å². The standard InChI is InChI=1S/C11H11ClN2O/c12-5-2-6-14-11(15)10-4-1-3-9(7-10)8-13/h1,3-4,7H,2,5-6H2,(H,14,15). The molecule has 0 aliphatic heterocycles. The fourth-order valence-corrected chi connectivity index (χ4v) is 1.23. The maximum absolute atomic E-state index is 11.5. The average molecular weight is 223 g/mol. The van der Waals surface area contributed by atoms with Crippen LogP contribution in [0.25, 0.3) is 0 Å². The summed E-state index contributed by atoms with van der Waals surface area (Å²) in [4.78, 5) is 11.5. The van der Waals surface area contributed by atoms with Crippen LogP contribution in [-0.2, 0) is 0 Å². The van der Waals surface area contributed by atoms with Crippen molar-refractivity contribution in [3.8, 4) is 6.07 Å². The summed E-state index contributed by atoms with van der Waals surface area (Å²) < 4.78 is 0. The number of nitriles is 1. The fourth-order valence-electron chi connectivity index (χ4n) is 1.10. The Morgan fingerprint density at radius 3 is 3.00 bits per heavy atom. The minimum absolute atomic E-state index is 0.169. The Kier molecular flexibility index (Phi) is 4.65. The molecule has 1 rings (SSSR count). The van der Waals surface area contributed by atoms with Gasteiger partial charge < -0.3 is 5.32 Å². The van der Waals surface area contributed by atoms with Gasteiger partial charge in [0.1, 0.15) is 0 Å². The first-order valence-electron chi connectivity index (χ1n) is 4.62. The van der Waals surface area contributed by atoms with Crippen molar-refractivity contribution >= 4 is 17.5 Å². The molecule has 1 amide bonds. The molecule has 4 heteroatoms. The summed E-state index contributed by atoms with van der Waals surface area (Å²) in [5.41, 5.74) is 0.989. The molecule has 0 unspecified atom stereocenters. The van der Waals surface area contributed by atoms with Crippen molar-refractivity contribution < 1.29 is 4.79 Å². The molecule has 1 N–H and O–H groups in total. The molecule has 0 heterocycles. The lowest BCUT2D eigenvalue weighted by molar-refractivity contribution is 0.0954. The number of hydrogen-bond acceptors (Lipinski definition) is 2. The third-order valence-corrected chi connectivity index (χ3v) is 2.12. The minimum atomic E-state index is -0.169. The first kappa shape index (κ1) is 11.5. The fraction of sp³-hybridized carbons (Fsp3) is 0.273. The van der Waals surface area contributed by atoms with Gasteiger partial charge in [-0.3, -0.25) is 4.79 Å². The zero-order valence-electron chi connectivity index (χ0n) is 8.16. The highest BCUT2D eigenvalue weighted by Gasteiger charge is 2.04. The third kappa shape index (κ3) is 3.61. The van der Waals surface area contributed by atoms with Crippen molar-refractivity contribution in [1.29, 1.82) is 5.26 Å². The van der Waals surface area contributed by atoms with Gasteiger partial charge in [0.25, 0.3) is 5.91 Å². The van der Waals surface area contributed by atoms with Gasteiger partial charge in [-0.2, -0.15) is 5.26 Å². The number of amides is 1. The number of nitrogens with zero attached hydrogens (tertiary/aromatic N) is 1. The van der Waals surface area contributed by atoms with Crippen LogP contribution >= 0.6 is 11.6 Å². The van der Waals surface area contributed by atoms with Gasteiger partial charge in [0.15, 0.2) is 0 Å². The van der Waals surface area contributed by atoms with Gasteiger partial charge in [0, 0.05) is 18.0 Å². The van der Waals surface area contributed by atoms with Crippen LogP contribution in [0.15, 0.2) is 24.3 Å². The minimum Gasteiger partial charge on any atom is -0.352 e. The summed E-state index contributed by atoms with van der Waals surface area (Å²) in [5.74, 6) is 0.357. The number of halogens is 1. The van der Waals surface area contributed by atoms with E-state index in [1.807, 2.05) is 6.07 Å². The molecule has 0 radical (unpaired) electrons. The molecule has 0 fully saturated rings. The molecule has 1 aromatic rings. The Morgan fingerprint density at radius 2 is 2.33 bits per heavy atom. The predicted octanol–water partition coefficient (Wildman–Crippen LogP) is 1.92. The Balaban J connectivity index is 2.62. The van der Waals surface area contributed by atoms with Gasteiger partial charge in [-0.15, -0.1) is 11.6 Å². The van der Waals surface area contributed by atoms with Crippen molar-refractivity contribution in [2.24, 2.45) is 0 Å². The van der Waals surface area contributed by atoms with E-state index in [1.165, 1.54) is 0 Å². The lowest BCUT2D eigenvalue weighted by Gasteiger charge is -2.03. The van der Waals surface area contributed by atoms with Crippen molar-refractivity contribution in [2.45, 2.75) is 6.42 Å². The Morgan fingerprint density at radius 1 is 1.53 bits per heavy atom. The molecule has 3 nitrogen and oxygen atoms in total. The molecule has 0 saturated heterocycles. The highest BCUT2D eigenvalue weighted by molar-refractivity contribution is 6.17. The van der Waals surface area contributed by atoms with Crippen LogP contribution in [0.1, 0.15) is 22.3 Å². The first-order chi connectivity index (χ1) is 7.27. The lowest BCUT2D eigenvalue weighted by Crippen LogP contribution is -2.24. The molecular formula is C11H11ClN2O. The molecule has 0 aliphatic rings. The van der Waals surface area contributed by atoms with Gasteiger partial charge in [0.05, 0.1) is 11.6 Å². The number of carbonyl (C=O) groups is 1. The van der Waals surface area contributed by atoms with E-state index in [2.05, 4.69) is 5.32 Å². The van der Waals surface area contributed by atoms with Gasteiger partial charge in [0.2, 0.25) is 0 Å². The van der Waals surface area contributed by atoms with Gasteiger partial charge in [-0.05, 0) is 24.6 Å². The molecule has 0 bridgehead atoms. The van der Waals surface area contributed by atoms with E-state index in [-0.39, 0.29) is 5.91 Å². The number of benzene rings is 1. The van der Waals surface area contributed by atoms with Crippen LogP contribution < -0.4 is 5.32 Å². The van der Waals surface area contributed by atoms with Crippen molar-refractivity contribution in [3.63, 3.8) is 0 Å². The normalized spacial score (nSPS) is 9.33. The van der Waals surface area contributed by atoms with Crippen LogP contribution in [0.2, 0.25) is 0 Å². The molecular weight excluding hydrogens is 212 g/mol. The second kappa shape index (κ2) is 6.05. The molecule has 78 valence electrons. The third-order valence-electron chi connectivity index (χ3n) is 1.85. The predicted molar refractivity (Wildman–Crippen MR) is 58.8 cm³/mol. The average Bonchev–Trinajstić information content (AvgIpc) is 2.29. The summed E-state index contributed by atoms with van der Waals surface area (Å²) >= 11 is 5.48. The summed E-state index contributed by atoms with van der Waals surface area (Å²) in [7, 11) is 0. The largest absolute Gasteiger partial charge is 0.352 e. The van der Waals surface area contributed by atoms with Gasteiger partial charge >= 0.3 is 0 Å². The molecule has 0 atom stereocenters. The Hall–Kier alpha value is -1.53. The zero-order chi connectivity index (χ0) is 11.1. The second-order valence-corrected chi connectivity index (χ2v) is 3.37. The zero-order valence-corrected chi connectivity index (χ0v) is 8.92. The summed E-state index contributed by atoms with van der Waals surface area (Å²) in [5, 5.41) is 11.4. The quantitative estimate of drug-likeness (QED) is 0.625. The summed E-state index contributed by atoms with van der Waals surface area (Å²) in [6.07, 6.45) is 0.741. The van der Waals surface area contributed by atoms with Crippen LogP contribution in [-0.4, -0.2) is 18.3 Å². The van der Waals surface area contributed by atoms with Crippen LogP contribution in [0.3, 0.4) is 0 Å². The monoisotopic (exact) mass is 222 g/mol. The van der Waals surface area contributed by atoms with Crippen molar-refractivity contribution in [1.82, 2.24) is 5.32 Å². The topological polar surface area (TPSA) is 52.9 Å². The molecule has 0 aromatic heterocycles. The van der Waals surface area contributed by atoms with E-state index < -0.39 is 0 Å². The van der Waals surface area contributed by atoms with Crippen molar-refractivity contribution in [2.75, 3.05) is 12.4 Å². The summed E-state index contributed by atoms with van der Waals surface area (Å²) in [6, 6.07) is 8.58. The van der Waals surface area contributed by atoms with Gasteiger partial charge in [-0.1, -0.05) is 6.07 Å².